The number of carbonyl (C=O) groups excluding carboxylic acids is 1. The molecule has 23 heavy (non-hydrogen) atoms. The number of carbonyl (C=O) groups is 1. The highest BCUT2D eigenvalue weighted by Crippen LogP contribution is 2.28. The smallest absolute Gasteiger partial charge is 0.265 e. The summed E-state index contributed by atoms with van der Waals surface area (Å²) in [6.45, 7) is 2.48. The standard InChI is InChI=1S/C17H20FN3OS/c1-19-9-12-5-4-8-21(11-12)17(22)15-10-20-16(23-15)13-6-2-3-7-14(13)18/h2-3,6-7,10,12,19H,4-5,8-9,11H2,1H3/t12-/m0/s1. The monoisotopic (exact) mass is 333 g/mol. The molecular weight excluding hydrogens is 313 g/mol. The van der Waals surface area contributed by atoms with Crippen LogP contribution in [0.5, 0.6) is 0 Å². The van der Waals surface area contributed by atoms with Gasteiger partial charge in [0.15, 0.2) is 0 Å². The van der Waals surface area contributed by atoms with Crippen molar-refractivity contribution in [1.29, 1.82) is 0 Å². The zero-order valence-electron chi connectivity index (χ0n) is 13.1. The molecule has 0 saturated carbocycles. The van der Waals surface area contributed by atoms with Crippen molar-refractivity contribution >= 4 is 17.2 Å². The Hall–Kier alpha value is -1.79. The Kier molecular flexibility index (Phi) is 5.03. The van der Waals surface area contributed by atoms with Crippen molar-refractivity contribution in [3.63, 3.8) is 0 Å². The second-order valence-corrected chi connectivity index (χ2v) is 6.86. The zero-order chi connectivity index (χ0) is 16.2. The fraction of sp³-hybridized carbons (Fsp3) is 0.412. The minimum absolute atomic E-state index is 0.00546. The number of aromatic nitrogens is 1. The van der Waals surface area contributed by atoms with E-state index < -0.39 is 0 Å². The maximum absolute atomic E-state index is 13.8. The lowest BCUT2D eigenvalue weighted by Crippen LogP contribution is -2.42. The van der Waals surface area contributed by atoms with E-state index in [4.69, 9.17) is 0 Å². The Bertz CT molecular complexity index is 686. The van der Waals surface area contributed by atoms with Crippen LogP contribution in [0.25, 0.3) is 10.6 Å². The lowest BCUT2D eigenvalue weighted by Gasteiger charge is -2.32. The third-order valence-corrected chi connectivity index (χ3v) is 5.14. The molecule has 1 aromatic carbocycles. The van der Waals surface area contributed by atoms with Gasteiger partial charge in [0.2, 0.25) is 0 Å². The third kappa shape index (κ3) is 3.59. The summed E-state index contributed by atoms with van der Waals surface area (Å²) < 4.78 is 13.8. The number of nitrogens with zero attached hydrogens (tertiary/aromatic N) is 2. The molecule has 1 N–H and O–H groups in total. The van der Waals surface area contributed by atoms with Crippen LogP contribution in [0.3, 0.4) is 0 Å². The molecule has 6 heteroatoms. The Labute approximate surface area is 139 Å². The highest BCUT2D eigenvalue weighted by Gasteiger charge is 2.25. The van der Waals surface area contributed by atoms with Crippen LogP contribution in [0.1, 0.15) is 22.5 Å². The van der Waals surface area contributed by atoms with E-state index >= 15 is 0 Å². The van der Waals surface area contributed by atoms with Gasteiger partial charge >= 0.3 is 0 Å². The number of likely N-dealkylation sites (tertiary alicyclic amines) is 1. The number of thiazole rings is 1. The van der Waals surface area contributed by atoms with Gasteiger partial charge in [-0.1, -0.05) is 12.1 Å². The number of piperidine rings is 1. The first-order valence-corrected chi connectivity index (χ1v) is 8.65. The van der Waals surface area contributed by atoms with E-state index in [2.05, 4.69) is 10.3 Å². The van der Waals surface area contributed by atoms with Crippen molar-refractivity contribution in [2.75, 3.05) is 26.7 Å². The minimum atomic E-state index is -0.312. The predicted octanol–water partition coefficient (Wildman–Crippen LogP) is 3.02. The molecule has 0 spiro atoms. The highest BCUT2D eigenvalue weighted by molar-refractivity contribution is 7.16. The Morgan fingerprint density at radius 1 is 1.48 bits per heavy atom. The van der Waals surface area contributed by atoms with Crippen LogP contribution in [0, 0.1) is 11.7 Å². The van der Waals surface area contributed by atoms with E-state index in [0.717, 1.165) is 32.5 Å². The Morgan fingerprint density at radius 2 is 2.30 bits per heavy atom. The second kappa shape index (κ2) is 7.19. The van der Waals surface area contributed by atoms with Crippen molar-refractivity contribution in [3.05, 3.63) is 41.2 Å². The molecule has 1 saturated heterocycles. The molecule has 4 nitrogen and oxygen atoms in total. The van der Waals surface area contributed by atoms with E-state index in [0.29, 0.717) is 21.4 Å². The number of hydrogen-bond donors (Lipinski definition) is 1. The molecule has 1 fully saturated rings. The van der Waals surface area contributed by atoms with Crippen LogP contribution in [0.15, 0.2) is 30.5 Å². The molecule has 1 aliphatic heterocycles. The largest absolute Gasteiger partial charge is 0.338 e. The molecule has 3 rings (SSSR count). The van der Waals surface area contributed by atoms with Crippen LogP contribution in [0.2, 0.25) is 0 Å². The number of benzene rings is 1. The van der Waals surface area contributed by atoms with Gasteiger partial charge in [-0.2, -0.15) is 0 Å². The van der Waals surface area contributed by atoms with Crippen molar-refractivity contribution in [2.45, 2.75) is 12.8 Å². The van der Waals surface area contributed by atoms with Gasteiger partial charge in [-0.25, -0.2) is 9.37 Å². The summed E-state index contributed by atoms with van der Waals surface area (Å²) >= 11 is 1.26. The van der Waals surface area contributed by atoms with Gasteiger partial charge in [0, 0.05) is 18.7 Å². The molecule has 2 aromatic rings. The molecular formula is C17H20FN3OS. The topological polar surface area (TPSA) is 45.2 Å². The summed E-state index contributed by atoms with van der Waals surface area (Å²) in [6, 6.07) is 6.51. The lowest BCUT2D eigenvalue weighted by atomic mass is 9.98. The van der Waals surface area contributed by atoms with Crippen molar-refractivity contribution < 1.29 is 9.18 Å². The molecule has 0 radical (unpaired) electrons. The zero-order valence-corrected chi connectivity index (χ0v) is 13.9. The Balaban J connectivity index is 1.75. The van der Waals surface area contributed by atoms with Gasteiger partial charge in [-0.05, 0) is 44.5 Å². The first-order chi connectivity index (χ1) is 11.2. The normalized spacial score (nSPS) is 18.2. The van der Waals surface area contributed by atoms with Gasteiger partial charge < -0.3 is 10.2 Å². The van der Waals surface area contributed by atoms with E-state index in [1.54, 1.807) is 24.4 Å². The molecule has 0 aliphatic carbocycles. The van der Waals surface area contributed by atoms with Crippen LogP contribution in [-0.2, 0) is 0 Å². The quantitative estimate of drug-likeness (QED) is 0.935. The summed E-state index contributed by atoms with van der Waals surface area (Å²) in [4.78, 5) is 19.4. The summed E-state index contributed by atoms with van der Waals surface area (Å²) in [7, 11) is 1.94. The summed E-state index contributed by atoms with van der Waals surface area (Å²) in [5.41, 5.74) is 0.447. The predicted molar refractivity (Wildman–Crippen MR) is 90.1 cm³/mol. The summed E-state index contributed by atoms with van der Waals surface area (Å²) in [5, 5.41) is 3.73. The van der Waals surface area contributed by atoms with E-state index in [1.807, 2.05) is 11.9 Å². The lowest BCUT2D eigenvalue weighted by molar-refractivity contribution is 0.0679. The molecule has 0 unspecified atom stereocenters. The van der Waals surface area contributed by atoms with Crippen molar-refractivity contribution in [2.24, 2.45) is 5.92 Å². The number of halogens is 1. The maximum atomic E-state index is 13.8. The van der Waals surface area contributed by atoms with Crippen LogP contribution in [-0.4, -0.2) is 42.5 Å². The molecule has 1 amide bonds. The molecule has 1 aromatic heterocycles. The van der Waals surface area contributed by atoms with Crippen LogP contribution >= 0.6 is 11.3 Å². The van der Waals surface area contributed by atoms with Crippen LogP contribution in [0.4, 0.5) is 4.39 Å². The molecule has 0 bridgehead atoms. The van der Waals surface area contributed by atoms with Gasteiger partial charge in [0.1, 0.15) is 15.7 Å². The third-order valence-electron chi connectivity index (χ3n) is 4.12. The van der Waals surface area contributed by atoms with Crippen molar-refractivity contribution in [3.8, 4) is 10.6 Å². The van der Waals surface area contributed by atoms with Crippen molar-refractivity contribution in [1.82, 2.24) is 15.2 Å². The summed E-state index contributed by atoms with van der Waals surface area (Å²) in [6.07, 6.45) is 3.74. The van der Waals surface area contributed by atoms with E-state index in [-0.39, 0.29) is 11.7 Å². The molecule has 1 aliphatic rings. The number of hydrogen-bond acceptors (Lipinski definition) is 4. The average Bonchev–Trinajstić information content (AvgIpc) is 3.05. The van der Waals surface area contributed by atoms with E-state index in [1.165, 1.54) is 17.4 Å². The van der Waals surface area contributed by atoms with Gasteiger partial charge in [-0.15, -0.1) is 11.3 Å². The number of nitrogens with one attached hydrogen (secondary N) is 1. The van der Waals surface area contributed by atoms with Gasteiger partial charge in [0.05, 0.1) is 6.20 Å². The summed E-state index contributed by atoms with van der Waals surface area (Å²) in [5.74, 6) is 0.190. The minimum Gasteiger partial charge on any atom is -0.338 e. The fourth-order valence-electron chi connectivity index (χ4n) is 2.99. The second-order valence-electron chi connectivity index (χ2n) is 5.83. The maximum Gasteiger partial charge on any atom is 0.265 e. The fourth-order valence-corrected chi connectivity index (χ4v) is 3.90. The molecule has 1 atom stereocenters. The Morgan fingerprint density at radius 3 is 3.09 bits per heavy atom. The molecule has 2 heterocycles. The average molecular weight is 333 g/mol. The SMILES string of the molecule is CNC[C@@H]1CCCN(C(=O)c2cnc(-c3ccccc3F)s2)C1. The first kappa shape index (κ1) is 16.1. The highest BCUT2D eigenvalue weighted by atomic mass is 32.1. The molecule has 122 valence electrons. The first-order valence-electron chi connectivity index (χ1n) is 7.83. The number of amides is 1. The van der Waals surface area contributed by atoms with Gasteiger partial charge in [-0.3, -0.25) is 4.79 Å². The van der Waals surface area contributed by atoms with Gasteiger partial charge in [0.25, 0.3) is 5.91 Å². The van der Waals surface area contributed by atoms with E-state index in [9.17, 15) is 9.18 Å². The number of rotatable bonds is 4. The van der Waals surface area contributed by atoms with Crippen LogP contribution < -0.4 is 5.32 Å².